The monoisotopic (exact) mass is 431 g/mol. The van der Waals surface area contributed by atoms with Crippen LogP contribution in [0.4, 0.5) is 10.5 Å². The number of carbonyl (C=O) groups is 1. The predicted molar refractivity (Wildman–Crippen MR) is 102 cm³/mol. The highest BCUT2D eigenvalue weighted by atomic mass is 127. The van der Waals surface area contributed by atoms with E-state index in [1.165, 1.54) is 20.4 Å². The number of nitrogens with zero attached hydrogens (tertiary/aromatic N) is 2. The van der Waals surface area contributed by atoms with Crippen LogP contribution in [0.1, 0.15) is 31.9 Å². The number of hydrogen-bond acceptors (Lipinski definition) is 4. The minimum Gasteiger partial charge on any atom is -0.444 e. The number of piperazine rings is 1. The van der Waals surface area contributed by atoms with Crippen molar-refractivity contribution in [1.29, 1.82) is 0 Å². The van der Waals surface area contributed by atoms with E-state index in [0.29, 0.717) is 19.6 Å². The molecule has 0 spiro atoms. The zero-order valence-electron chi connectivity index (χ0n) is 14.4. The number of halogens is 1. The van der Waals surface area contributed by atoms with E-state index in [9.17, 15) is 4.79 Å². The molecular weight excluding hydrogens is 405 g/mol. The first-order valence-corrected chi connectivity index (χ1v) is 9.01. The number of hydrogen-bond donors (Lipinski definition) is 1. The van der Waals surface area contributed by atoms with Crippen LogP contribution in [0.2, 0.25) is 0 Å². The van der Waals surface area contributed by atoms with E-state index in [1.807, 2.05) is 20.8 Å². The van der Waals surface area contributed by atoms with Gasteiger partial charge in [-0.15, -0.1) is 0 Å². The summed E-state index contributed by atoms with van der Waals surface area (Å²) in [5, 5.41) is 0. The molecule has 1 heterocycles. The first kappa shape index (κ1) is 18.3. The minimum atomic E-state index is -0.448. The van der Waals surface area contributed by atoms with Crippen LogP contribution < -0.4 is 10.6 Å². The molecule has 0 atom stereocenters. The van der Waals surface area contributed by atoms with E-state index in [4.69, 9.17) is 10.5 Å². The standard InChI is InChI=1S/C17H26IN3O2/c1-12-13(11-19)9-14(18)10-15(12)20-5-7-21(8-6-20)16(22)23-17(2,3)4/h9-10H,5-8,11,19H2,1-4H3. The highest BCUT2D eigenvalue weighted by Crippen LogP contribution is 2.27. The molecule has 0 radical (unpaired) electrons. The summed E-state index contributed by atoms with van der Waals surface area (Å²) in [6, 6.07) is 4.33. The van der Waals surface area contributed by atoms with E-state index in [1.54, 1.807) is 4.90 Å². The molecule has 128 valence electrons. The number of benzene rings is 1. The smallest absolute Gasteiger partial charge is 0.410 e. The highest BCUT2D eigenvalue weighted by molar-refractivity contribution is 14.1. The van der Waals surface area contributed by atoms with Crippen molar-refractivity contribution in [3.8, 4) is 0 Å². The van der Waals surface area contributed by atoms with Crippen molar-refractivity contribution < 1.29 is 9.53 Å². The fraction of sp³-hybridized carbons (Fsp3) is 0.588. The lowest BCUT2D eigenvalue weighted by atomic mass is 10.1. The van der Waals surface area contributed by atoms with Gasteiger partial charge in [0.05, 0.1) is 0 Å². The van der Waals surface area contributed by atoms with Gasteiger partial charge >= 0.3 is 6.09 Å². The van der Waals surface area contributed by atoms with Gasteiger partial charge in [-0.3, -0.25) is 0 Å². The summed E-state index contributed by atoms with van der Waals surface area (Å²) >= 11 is 2.33. The molecule has 1 aromatic carbocycles. The van der Waals surface area contributed by atoms with Crippen LogP contribution in [0, 0.1) is 10.5 Å². The third-order valence-electron chi connectivity index (χ3n) is 3.94. The molecule has 1 saturated heterocycles. The van der Waals surface area contributed by atoms with Crippen LogP contribution in [0.25, 0.3) is 0 Å². The number of nitrogens with two attached hydrogens (primary N) is 1. The van der Waals surface area contributed by atoms with Crippen molar-refractivity contribution >= 4 is 34.4 Å². The third-order valence-corrected chi connectivity index (χ3v) is 4.57. The summed E-state index contributed by atoms with van der Waals surface area (Å²) < 4.78 is 6.64. The number of carbonyl (C=O) groups excluding carboxylic acids is 1. The summed E-state index contributed by atoms with van der Waals surface area (Å²) in [6.07, 6.45) is -0.223. The second kappa shape index (κ2) is 7.25. The fourth-order valence-corrected chi connectivity index (χ4v) is 3.39. The van der Waals surface area contributed by atoms with Gasteiger partial charge in [0.15, 0.2) is 0 Å². The van der Waals surface area contributed by atoms with Crippen LogP contribution in [-0.2, 0) is 11.3 Å². The van der Waals surface area contributed by atoms with Crippen LogP contribution in [0.3, 0.4) is 0 Å². The summed E-state index contributed by atoms with van der Waals surface area (Å²) in [6.45, 7) is 11.3. The molecule has 2 N–H and O–H groups in total. The first-order valence-electron chi connectivity index (χ1n) is 7.93. The molecule has 6 heteroatoms. The molecule has 0 aliphatic carbocycles. The quantitative estimate of drug-likeness (QED) is 0.732. The zero-order chi connectivity index (χ0) is 17.2. The topological polar surface area (TPSA) is 58.8 Å². The van der Waals surface area contributed by atoms with E-state index in [2.05, 4.69) is 46.5 Å². The average Bonchev–Trinajstić information content (AvgIpc) is 2.47. The van der Waals surface area contributed by atoms with Crippen molar-refractivity contribution in [1.82, 2.24) is 4.90 Å². The second-order valence-electron chi connectivity index (χ2n) is 6.87. The maximum absolute atomic E-state index is 12.1. The molecule has 1 fully saturated rings. The summed E-state index contributed by atoms with van der Waals surface area (Å²) in [5.74, 6) is 0. The maximum Gasteiger partial charge on any atom is 0.410 e. The van der Waals surface area contributed by atoms with Gasteiger partial charge in [0.25, 0.3) is 0 Å². The van der Waals surface area contributed by atoms with Crippen molar-refractivity contribution in [2.75, 3.05) is 31.1 Å². The highest BCUT2D eigenvalue weighted by Gasteiger charge is 2.26. The number of ether oxygens (including phenoxy) is 1. The van der Waals surface area contributed by atoms with Gasteiger partial charge < -0.3 is 20.3 Å². The summed E-state index contributed by atoms with van der Waals surface area (Å²) in [4.78, 5) is 16.3. The molecule has 2 rings (SSSR count). The zero-order valence-corrected chi connectivity index (χ0v) is 16.5. The third kappa shape index (κ3) is 4.73. The fourth-order valence-electron chi connectivity index (χ4n) is 2.72. The van der Waals surface area contributed by atoms with Gasteiger partial charge in [0, 0.05) is 42.0 Å². The van der Waals surface area contributed by atoms with Gasteiger partial charge in [-0.25, -0.2) is 4.79 Å². The Bertz CT molecular complexity index is 576. The lowest BCUT2D eigenvalue weighted by molar-refractivity contribution is 0.0240. The molecule has 0 unspecified atom stereocenters. The van der Waals surface area contributed by atoms with Gasteiger partial charge in [-0.1, -0.05) is 0 Å². The van der Waals surface area contributed by atoms with Crippen molar-refractivity contribution in [3.63, 3.8) is 0 Å². The number of rotatable bonds is 2. The summed E-state index contributed by atoms with van der Waals surface area (Å²) in [5.41, 5.74) is 9.04. The Morgan fingerprint density at radius 2 is 1.87 bits per heavy atom. The van der Waals surface area contributed by atoms with Gasteiger partial charge in [-0.2, -0.15) is 0 Å². The normalized spacial score (nSPS) is 15.7. The molecule has 5 nitrogen and oxygen atoms in total. The molecule has 23 heavy (non-hydrogen) atoms. The molecule has 0 saturated carbocycles. The Kier molecular flexibility index (Phi) is 5.78. The second-order valence-corrected chi connectivity index (χ2v) is 8.11. The first-order chi connectivity index (χ1) is 10.7. The molecule has 0 aromatic heterocycles. The number of anilines is 1. The molecule has 1 aliphatic rings. The molecule has 0 bridgehead atoms. The van der Waals surface area contributed by atoms with Crippen LogP contribution in [0.5, 0.6) is 0 Å². The Morgan fingerprint density at radius 1 is 1.26 bits per heavy atom. The Hall–Kier alpha value is -1.02. The lowest BCUT2D eigenvalue weighted by Gasteiger charge is -2.37. The van der Waals surface area contributed by atoms with E-state index >= 15 is 0 Å². The Labute approximate surface area is 152 Å². The van der Waals surface area contributed by atoms with Crippen molar-refractivity contribution in [2.45, 2.75) is 39.8 Å². The van der Waals surface area contributed by atoms with Crippen LogP contribution in [-0.4, -0.2) is 42.8 Å². The van der Waals surface area contributed by atoms with E-state index in [-0.39, 0.29) is 6.09 Å². The minimum absolute atomic E-state index is 0.223. The maximum atomic E-state index is 12.1. The van der Waals surface area contributed by atoms with Crippen LogP contribution >= 0.6 is 22.6 Å². The van der Waals surface area contributed by atoms with Gasteiger partial charge in [0.2, 0.25) is 0 Å². The van der Waals surface area contributed by atoms with Crippen molar-refractivity contribution in [2.24, 2.45) is 5.73 Å². The average molecular weight is 431 g/mol. The lowest BCUT2D eigenvalue weighted by Crippen LogP contribution is -2.50. The number of amides is 1. The van der Waals surface area contributed by atoms with Crippen LogP contribution in [0.15, 0.2) is 12.1 Å². The van der Waals surface area contributed by atoms with Crippen molar-refractivity contribution in [3.05, 3.63) is 26.8 Å². The van der Waals surface area contributed by atoms with E-state index in [0.717, 1.165) is 13.1 Å². The molecular formula is C17H26IN3O2. The molecule has 1 aliphatic heterocycles. The largest absolute Gasteiger partial charge is 0.444 e. The predicted octanol–water partition coefficient (Wildman–Crippen LogP) is 3.12. The summed E-state index contributed by atoms with van der Waals surface area (Å²) in [7, 11) is 0. The molecule has 1 amide bonds. The SMILES string of the molecule is Cc1c(CN)cc(I)cc1N1CCN(C(=O)OC(C)(C)C)CC1. The van der Waals surface area contributed by atoms with Gasteiger partial charge in [-0.05, 0) is 73.5 Å². The molecule has 1 aromatic rings. The van der Waals surface area contributed by atoms with E-state index < -0.39 is 5.60 Å². The Morgan fingerprint density at radius 3 is 2.39 bits per heavy atom. The van der Waals surface area contributed by atoms with Gasteiger partial charge in [0.1, 0.15) is 5.60 Å². The Balaban J connectivity index is 2.05.